The number of benzene rings is 1. The van der Waals surface area contributed by atoms with Gasteiger partial charge in [-0.15, -0.1) is 0 Å². The van der Waals surface area contributed by atoms with Crippen molar-refractivity contribution in [2.24, 2.45) is 5.92 Å². The van der Waals surface area contributed by atoms with Gasteiger partial charge in [0.25, 0.3) is 0 Å². The van der Waals surface area contributed by atoms with Gasteiger partial charge in [0.05, 0.1) is 0 Å². The van der Waals surface area contributed by atoms with Crippen LogP contribution in [0, 0.1) is 5.92 Å². The molecule has 0 radical (unpaired) electrons. The molecule has 1 aromatic heterocycles. The largest absolute Gasteiger partial charge is 0.310 e. The van der Waals surface area contributed by atoms with Gasteiger partial charge in [0.1, 0.15) is 0 Å². The normalized spacial score (nSPS) is 18.5. The molecule has 1 heterocycles. The Balaban J connectivity index is 1.65. The van der Waals surface area contributed by atoms with Crippen molar-refractivity contribution in [1.29, 1.82) is 0 Å². The van der Waals surface area contributed by atoms with E-state index in [-0.39, 0.29) is 0 Å². The molecule has 0 aliphatic heterocycles. The fourth-order valence-electron chi connectivity index (χ4n) is 3.59. The molecule has 1 aromatic carbocycles. The fourth-order valence-corrected chi connectivity index (χ4v) is 3.59. The molecule has 1 N–H and O–H groups in total. The van der Waals surface area contributed by atoms with Gasteiger partial charge in [-0.1, -0.05) is 43.9 Å². The van der Waals surface area contributed by atoms with E-state index < -0.39 is 0 Å². The predicted octanol–water partition coefficient (Wildman–Crippen LogP) is 4.68. The van der Waals surface area contributed by atoms with Crippen LogP contribution in [0.3, 0.4) is 0 Å². The first-order chi connectivity index (χ1) is 10.3. The molecule has 0 amide bonds. The number of pyridine rings is 1. The van der Waals surface area contributed by atoms with Gasteiger partial charge in [-0.2, -0.15) is 0 Å². The van der Waals surface area contributed by atoms with Crippen molar-refractivity contribution < 1.29 is 0 Å². The third kappa shape index (κ3) is 3.62. The van der Waals surface area contributed by atoms with Gasteiger partial charge in [-0.25, -0.2) is 0 Å². The minimum atomic E-state index is 0.611. The highest BCUT2D eigenvalue weighted by atomic mass is 14.9. The molecule has 1 fully saturated rings. The van der Waals surface area contributed by atoms with E-state index in [4.69, 9.17) is 0 Å². The van der Waals surface area contributed by atoms with E-state index in [0.29, 0.717) is 6.04 Å². The van der Waals surface area contributed by atoms with Crippen molar-refractivity contribution in [3.8, 4) is 0 Å². The maximum atomic E-state index is 4.21. The summed E-state index contributed by atoms with van der Waals surface area (Å²) in [5, 5.41) is 6.33. The van der Waals surface area contributed by atoms with Crippen molar-refractivity contribution in [1.82, 2.24) is 10.3 Å². The number of rotatable bonds is 4. The zero-order valence-corrected chi connectivity index (χ0v) is 13.0. The van der Waals surface area contributed by atoms with Crippen LogP contribution < -0.4 is 5.32 Å². The molecule has 1 atom stereocenters. The van der Waals surface area contributed by atoms with Gasteiger partial charge in [0.15, 0.2) is 0 Å². The molecule has 0 bridgehead atoms. The predicted molar refractivity (Wildman–Crippen MR) is 89.2 cm³/mol. The lowest BCUT2D eigenvalue weighted by atomic mass is 9.93. The second-order valence-electron chi connectivity index (χ2n) is 6.44. The summed E-state index contributed by atoms with van der Waals surface area (Å²) < 4.78 is 0. The van der Waals surface area contributed by atoms with E-state index in [0.717, 1.165) is 12.5 Å². The quantitative estimate of drug-likeness (QED) is 0.823. The summed E-state index contributed by atoms with van der Waals surface area (Å²) in [4.78, 5) is 4.21. The highest BCUT2D eigenvalue weighted by molar-refractivity contribution is 5.84. The number of hydrogen-bond acceptors (Lipinski definition) is 2. The van der Waals surface area contributed by atoms with Crippen LogP contribution in [0.25, 0.3) is 10.8 Å². The highest BCUT2D eigenvalue weighted by Gasteiger charge is 2.18. The second-order valence-corrected chi connectivity index (χ2v) is 6.44. The molecule has 0 unspecified atom stereocenters. The highest BCUT2D eigenvalue weighted by Crippen LogP contribution is 2.26. The standard InChI is InChI=1S/C19H26N2/c1-15(16-7-4-2-3-5-8-16)21-14-18-10-6-9-17-13-20-12-11-19(17)18/h6,9-13,15-16,21H,2-5,7-8,14H2,1H3/t15-/m1/s1. The SMILES string of the molecule is C[C@@H](NCc1cccc2cnccc12)C1CCCCCC1. The minimum absolute atomic E-state index is 0.611. The van der Waals surface area contributed by atoms with Crippen LogP contribution in [0.15, 0.2) is 36.7 Å². The Morgan fingerprint density at radius 1 is 1.14 bits per heavy atom. The molecule has 0 spiro atoms. The monoisotopic (exact) mass is 282 g/mol. The average molecular weight is 282 g/mol. The third-order valence-electron chi connectivity index (χ3n) is 4.99. The summed E-state index contributed by atoms with van der Waals surface area (Å²) in [6.45, 7) is 3.32. The molecule has 3 rings (SSSR count). The van der Waals surface area contributed by atoms with Crippen molar-refractivity contribution in [2.45, 2.75) is 58.0 Å². The van der Waals surface area contributed by atoms with Gasteiger partial charge in [0, 0.05) is 30.4 Å². The van der Waals surface area contributed by atoms with Crippen molar-refractivity contribution in [3.63, 3.8) is 0 Å². The lowest BCUT2D eigenvalue weighted by molar-refractivity contribution is 0.337. The van der Waals surface area contributed by atoms with Gasteiger partial charge in [0.2, 0.25) is 0 Å². The number of nitrogens with one attached hydrogen (secondary N) is 1. The lowest BCUT2D eigenvalue weighted by Crippen LogP contribution is -2.33. The fraction of sp³-hybridized carbons (Fsp3) is 0.526. The van der Waals surface area contributed by atoms with E-state index in [1.807, 2.05) is 12.4 Å². The van der Waals surface area contributed by atoms with E-state index in [2.05, 4.69) is 41.5 Å². The number of hydrogen-bond donors (Lipinski definition) is 1. The molecular formula is C19H26N2. The number of aromatic nitrogens is 1. The van der Waals surface area contributed by atoms with Gasteiger partial charge < -0.3 is 5.32 Å². The van der Waals surface area contributed by atoms with Crippen LogP contribution >= 0.6 is 0 Å². The molecule has 2 aromatic rings. The van der Waals surface area contributed by atoms with Gasteiger partial charge in [-0.05, 0) is 42.7 Å². The van der Waals surface area contributed by atoms with Crippen LogP contribution in [0.4, 0.5) is 0 Å². The summed E-state index contributed by atoms with van der Waals surface area (Å²) in [5.41, 5.74) is 1.38. The van der Waals surface area contributed by atoms with Crippen LogP contribution in [0.2, 0.25) is 0 Å². The first-order valence-corrected chi connectivity index (χ1v) is 8.39. The van der Waals surface area contributed by atoms with E-state index >= 15 is 0 Å². The smallest absolute Gasteiger partial charge is 0.0346 e. The maximum Gasteiger partial charge on any atom is 0.0346 e. The number of fused-ring (bicyclic) bond motifs is 1. The van der Waals surface area contributed by atoms with Gasteiger partial charge in [-0.3, -0.25) is 4.98 Å². The van der Waals surface area contributed by atoms with E-state index in [1.165, 1.54) is 54.9 Å². The second kappa shape index (κ2) is 7.04. The summed E-state index contributed by atoms with van der Waals surface area (Å²) in [6, 6.07) is 9.25. The Morgan fingerprint density at radius 2 is 1.95 bits per heavy atom. The Labute approximate surface area is 128 Å². The Morgan fingerprint density at radius 3 is 2.76 bits per heavy atom. The lowest BCUT2D eigenvalue weighted by Gasteiger charge is -2.24. The van der Waals surface area contributed by atoms with E-state index in [9.17, 15) is 0 Å². The molecule has 21 heavy (non-hydrogen) atoms. The summed E-state index contributed by atoms with van der Waals surface area (Å²) in [6.07, 6.45) is 12.3. The first kappa shape index (κ1) is 14.5. The molecule has 0 saturated heterocycles. The zero-order chi connectivity index (χ0) is 14.5. The topological polar surface area (TPSA) is 24.9 Å². The Kier molecular flexibility index (Phi) is 4.87. The maximum absolute atomic E-state index is 4.21. The molecule has 2 nitrogen and oxygen atoms in total. The van der Waals surface area contributed by atoms with Gasteiger partial charge >= 0.3 is 0 Å². The van der Waals surface area contributed by atoms with Crippen molar-refractivity contribution in [3.05, 3.63) is 42.2 Å². The number of nitrogens with zero attached hydrogens (tertiary/aromatic N) is 1. The summed E-state index contributed by atoms with van der Waals surface area (Å²) in [5.74, 6) is 0.851. The van der Waals surface area contributed by atoms with Crippen LogP contribution in [0.5, 0.6) is 0 Å². The first-order valence-electron chi connectivity index (χ1n) is 8.39. The van der Waals surface area contributed by atoms with Crippen LogP contribution in [-0.4, -0.2) is 11.0 Å². The molecule has 1 aliphatic carbocycles. The molecule has 2 heteroatoms. The molecule has 1 saturated carbocycles. The average Bonchev–Trinajstić information content (AvgIpc) is 2.82. The van der Waals surface area contributed by atoms with Crippen LogP contribution in [0.1, 0.15) is 51.0 Å². The van der Waals surface area contributed by atoms with Crippen LogP contribution in [-0.2, 0) is 6.54 Å². The van der Waals surface area contributed by atoms with Crippen molar-refractivity contribution >= 4 is 10.8 Å². The zero-order valence-electron chi connectivity index (χ0n) is 13.0. The molecule has 112 valence electrons. The minimum Gasteiger partial charge on any atom is -0.310 e. The Bertz CT molecular complexity index is 565. The molecular weight excluding hydrogens is 256 g/mol. The third-order valence-corrected chi connectivity index (χ3v) is 4.99. The van der Waals surface area contributed by atoms with Crippen molar-refractivity contribution in [2.75, 3.05) is 0 Å². The Hall–Kier alpha value is -1.41. The summed E-state index contributed by atoms with van der Waals surface area (Å²) >= 11 is 0. The van der Waals surface area contributed by atoms with E-state index in [1.54, 1.807) is 0 Å². The molecule has 1 aliphatic rings. The summed E-state index contributed by atoms with van der Waals surface area (Å²) in [7, 11) is 0.